The van der Waals surface area contributed by atoms with E-state index in [1.165, 1.54) is 0 Å². The Balaban J connectivity index is 1.88. The fourth-order valence-corrected chi connectivity index (χ4v) is 4.22. The molecular formula is C15H16IN3O2. The molecule has 3 atom stereocenters. The number of hydrogen-bond acceptors (Lipinski definition) is 4. The van der Waals surface area contributed by atoms with Gasteiger partial charge in [0.15, 0.2) is 6.29 Å². The zero-order valence-electron chi connectivity index (χ0n) is 11.4. The highest BCUT2D eigenvalue weighted by atomic mass is 127. The topological polar surface area (TPSA) is 68.0 Å². The maximum absolute atomic E-state index is 11.1. The zero-order chi connectivity index (χ0) is 14.8. The summed E-state index contributed by atoms with van der Waals surface area (Å²) in [5.74, 6) is 0.340. The van der Waals surface area contributed by atoms with Gasteiger partial charge >= 0.3 is 0 Å². The average Bonchev–Trinajstić information content (AvgIpc) is 3.13. The van der Waals surface area contributed by atoms with E-state index in [1.807, 2.05) is 29.1 Å². The van der Waals surface area contributed by atoms with Gasteiger partial charge in [0.2, 0.25) is 0 Å². The number of halogens is 1. The standard InChI is InChI=1S/C15H16IN3O2/c16-13-5-10(8-20)6-15(13)19-7-14(17-18-19)12-4-2-1-3-11(12)9-21/h1-4,7,9-10,13,15,20H,5-6,8H2/t10-,13-,15-/m0/s1. The Morgan fingerprint density at radius 3 is 2.90 bits per heavy atom. The Morgan fingerprint density at radius 1 is 1.38 bits per heavy atom. The molecule has 1 N–H and O–H groups in total. The first kappa shape index (κ1) is 14.6. The average molecular weight is 397 g/mol. The minimum absolute atomic E-state index is 0.228. The Kier molecular flexibility index (Phi) is 4.34. The van der Waals surface area contributed by atoms with Crippen LogP contribution in [0.5, 0.6) is 0 Å². The summed E-state index contributed by atoms with van der Waals surface area (Å²) in [6, 6.07) is 7.64. The van der Waals surface area contributed by atoms with Gasteiger partial charge in [-0.1, -0.05) is 52.1 Å². The summed E-state index contributed by atoms with van der Waals surface area (Å²) < 4.78 is 2.32. The largest absolute Gasteiger partial charge is 0.396 e. The third-order valence-electron chi connectivity index (χ3n) is 4.02. The first-order valence-electron chi connectivity index (χ1n) is 6.94. The van der Waals surface area contributed by atoms with Crippen LogP contribution >= 0.6 is 22.6 Å². The predicted molar refractivity (Wildman–Crippen MR) is 87.5 cm³/mol. The number of aldehydes is 1. The number of nitrogens with zero attached hydrogens (tertiary/aromatic N) is 3. The van der Waals surface area contributed by atoms with Crippen molar-refractivity contribution in [3.05, 3.63) is 36.0 Å². The number of aromatic nitrogens is 3. The molecule has 0 radical (unpaired) electrons. The van der Waals surface area contributed by atoms with Crippen LogP contribution in [0.2, 0.25) is 0 Å². The van der Waals surface area contributed by atoms with Gasteiger partial charge in [-0.3, -0.25) is 4.79 Å². The Hall–Kier alpha value is -1.28. The zero-order valence-corrected chi connectivity index (χ0v) is 13.6. The van der Waals surface area contributed by atoms with Crippen LogP contribution in [-0.2, 0) is 0 Å². The van der Waals surface area contributed by atoms with E-state index in [1.54, 1.807) is 6.07 Å². The molecule has 1 saturated carbocycles. The third-order valence-corrected chi connectivity index (χ3v) is 5.36. The first-order valence-corrected chi connectivity index (χ1v) is 8.19. The lowest BCUT2D eigenvalue weighted by molar-refractivity contribution is 0.112. The van der Waals surface area contributed by atoms with Gasteiger partial charge in [0.25, 0.3) is 0 Å². The molecule has 0 saturated heterocycles. The molecule has 110 valence electrons. The Bertz CT molecular complexity index is 643. The second-order valence-electron chi connectivity index (χ2n) is 5.39. The van der Waals surface area contributed by atoms with Crippen molar-refractivity contribution in [3.63, 3.8) is 0 Å². The number of rotatable bonds is 4. The lowest BCUT2D eigenvalue weighted by atomic mass is 10.1. The molecule has 0 amide bonds. The summed E-state index contributed by atoms with van der Waals surface area (Å²) in [6.07, 6.45) is 4.66. The highest BCUT2D eigenvalue weighted by Gasteiger charge is 2.34. The molecule has 21 heavy (non-hydrogen) atoms. The molecule has 5 nitrogen and oxygen atoms in total. The minimum atomic E-state index is 0.228. The summed E-state index contributed by atoms with van der Waals surface area (Å²) >= 11 is 2.42. The van der Waals surface area contributed by atoms with E-state index < -0.39 is 0 Å². The molecule has 2 aromatic rings. The van der Waals surface area contributed by atoms with Gasteiger partial charge in [0.1, 0.15) is 5.69 Å². The molecule has 0 bridgehead atoms. The van der Waals surface area contributed by atoms with Crippen molar-refractivity contribution in [2.24, 2.45) is 5.92 Å². The summed E-state index contributed by atoms with van der Waals surface area (Å²) in [5, 5.41) is 17.8. The molecule has 0 unspecified atom stereocenters. The lowest BCUT2D eigenvalue weighted by Gasteiger charge is -2.13. The number of carbonyl (C=O) groups excluding carboxylic acids is 1. The SMILES string of the molecule is O=Cc1ccccc1-c1cn([C@H]2C[C@@H](CO)C[C@@H]2I)nn1. The van der Waals surface area contributed by atoms with Crippen molar-refractivity contribution in [2.75, 3.05) is 6.61 Å². The van der Waals surface area contributed by atoms with Gasteiger partial charge in [-0.2, -0.15) is 0 Å². The van der Waals surface area contributed by atoms with Crippen LogP contribution in [0.25, 0.3) is 11.3 Å². The quantitative estimate of drug-likeness (QED) is 0.489. The van der Waals surface area contributed by atoms with Gasteiger partial charge in [0, 0.05) is 21.7 Å². The molecule has 1 heterocycles. The fraction of sp³-hybridized carbons (Fsp3) is 0.400. The summed E-state index contributed by atoms with van der Waals surface area (Å²) in [4.78, 5) is 11.1. The highest BCUT2D eigenvalue weighted by molar-refractivity contribution is 14.1. The summed E-state index contributed by atoms with van der Waals surface area (Å²) in [5.41, 5.74) is 2.14. The van der Waals surface area contributed by atoms with E-state index >= 15 is 0 Å². The van der Waals surface area contributed by atoms with Crippen molar-refractivity contribution in [1.29, 1.82) is 0 Å². The molecule has 1 aromatic carbocycles. The lowest BCUT2D eigenvalue weighted by Crippen LogP contribution is -2.14. The van der Waals surface area contributed by atoms with Crippen LogP contribution in [0.3, 0.4) is 0 Å². The molecule has 0 aliphatic heterocycles. The number of carbonyl (C=O) groups is 1. The van der Waals surface area contributed by atoms with E-state index in [-0.39, 0.29) is 12.6 Å². The van der Waals surface area contributed by atoms with E-state index in [4.69, 9.17) is 0 Å². The van der Waals surface area contributed by atoms with Gasteiger partial charge in [-0.15, -0.1) is 5.10 Å². The van der Waals surface area contributed by atoms with Gasteiger partial charge in [-0.25, -0.2) is 4.68 Å². The van der Waals surface area contributed by atoms with Crippen LogP contribution in [0.4, 0.5) is 0 Å². The Morgan fingerprint density at radius 2 is 2.19 bits per heavy atom. The van der Waals surface area contributed by atoms with Gasteiger partial charge in [-0.05, 0) is 18.8 Å². The molecule has 1 aliphatic carbocycles. The number of aliphatic hydroxyl groups excluding tert-OH is 1. The van der Waals surface area contributed by atoms with Crippen LogP contribution in [0.1, 0.15) is 29.2 Å². The van der Waals surface area contributed by atoms with Crippen molar-refractivity contribution >= 4 is 28.9 Å². The molecular weight excluding hydrogens is 381 g/mol. The Labute approximate surface area is 136 Å². The molecule has 6 heteroatoms. The normalized spacial score (nSPS) is 25.1. The van der Waals surface area contributed by atoms with E-state index in [0.717, 1.165) is 24.7 Å². The van der Waals surface area contributed by atoms with Crippen molar-refractivity contribution in [2.45, 2.75) is 22.8 Å². The fourth-order valence-electron chi connectivity index (χ4n) is 2.88. The smallest absolute Gasteiger partial charge is 0.150 e. The second-order valence-corrected chi connectivity index (χ2v) is 6.99. The van der Waals surface area contributed by atoms with Crippen molar-refractivity contribution < 1.29 is 9.90 Å². The van der Waals surface area contributed by atoms with Crippen LogP contribution in [0, 0.1) is 5.92 Å². The van der Waals surface area contributed by atoms with E-state index in [0.29, 0.717) is 21.1 Å². The van der Waals surface area contributed by atoms with Crippen molar-refractivity contribution in [1.82, 2.24) is 15.0 Å². The summed E-state index contributed by atoms with van der Waals surface area (Å²) in [6.45, 7) is 0.228. The first-order chi connectivity index (χ1) is 10.2. The maximum Gasteiger partial charge on any atom is 0.150 e. The van der Waals surface area contributed by atoms with Crippen LogP contribution in [0.15, 0.2) is 30.5 Å². The van der Waals surface area contributed by atoms with Crippen LogP contribution < -0.4 is 0 Å². The predicted octanol–water partition coefficient (Wildman–Crippen LogP) is 2.50. The highest BCUT2D eigenvalue weighted by Crippen LogP contribution is 2.39. The van der Waals surface area contributed by atoms with E-state index in [2.05, 4.69) is 32.9 Å². The second kappa shape index (κ2) is 6.23. The molecule has 1 fully saturated rings. The molecule has 3 rings (SSSR count). The summed E-state index contributed by atoms with van der Waals surface area (Å²) in [7, 11) is 0. The third kappa shape index (κ3) is 2.87. The van der Waals surface area contributed by atoms with Gasteiger partial charge < -0.3 is 5.11 Å². The van der Waals surface area contributed by atoms with E-state index in [9.17, 15) is 9.90 Å². The van der Waals surface area contributed by atoms with Crippen LogP contribution in [-0.4, -0.2) is 36.9 Å². The van der Waals surface area contributed by atoms with Crippen molar-refractivity contribution in [3.8, 4) is 11.3 Å². The number of benzene rings is 1. The number of hydrogen-bond donors (Lipinski definition) is 1. The molecule has 0 spiro atoms. The number of aliphatic hydroxyl groups is 1. The molecule has 1 aromatic heterocycles. The monoisotopic (exact) mass is 397 g/mol. The molecule has 1 aliphatic rings. The minimum Gasteiger partial charge on any atom is -0.396 e. The maximum atomic E-state index is 11.1. The number of alkyl halides is 1. The van der Waals surface area contributed by atoms with Gasteiger partial charge in [0.05, 0.1) is 12.2 Å².